The van der Waals surface area contributed by atoms with Gasteiger partial charge in [-0.05, 0) is 32.3 Å². The van der Waals surface area contributed by atoms with Gasteiger partial charge in [0.2, 0.25) is 5.82 Å². The Morgan fingerprint density at radius 3 is 2.76 bits per heavy atom. The highest BCUT2D eigenvalue weighted by molar-refractivity contribution is 5.73. The van der Waals surface area contributed by atoms with Crippen molar-refractivity contribution in [1.82, 2.24) is 4.98 Å². The predicted octanol–water partition coefficient (Wildman–Crippen LogP) is 2.08. The van der Waals surface area contributed by atoms with Crippen molar-refractivity contribution in [1.29, 1.82) is 0 Å². The van der Waals surface area contributed by atoms with Crippen LogP contribution in [-0.4, -0.2) is 35.6 Å². The standard InChI is InChI=1S/C14H19N3O4/c1-3-21-14(18)11-4-6-16(7-5-11)13-12(17(19)20)8-10(2)9-15-13/h8-9,11H,3-7H2,1-2H3. The number of rotatable bonds is 4. The Morgan fingerprint density at radius 2 is 2.19 bits per heavy atom. The molecule has 1 aromatic rings. The second-order valence-corrected chi connectivity index (χ2v) is 5.13. The van der Waals surface area contributed by atoms with Gasteiger partial charge >= 0.3 is 11.7 Å². The second kappa shape index (κ2) is 6.51. The van der Waals surface area contributed by atoms with E-state index in [0.29, 0.717) is 38.4 Å². The summed E-state index contributed by atoms with van der Waals surface area (Å²) in [7, 11) is 0. The number of ether oxygens (including phenoxy) is 1. The smallest absolute Gasteiger partial charge is 0.311 e. The number of nitrogens with zero attached hydrogens (tertiary/aromatic N) is 3. The maximum Gasteiger partial charge on any atom is 0.311 e. The monoisotopic (exact) mass is 293 g/mol. The van der Waals surface area contributed by atoms with Gasteiger partial charge in [-0.15, -0.1) is 0 Å². The number of nitro groups is 1. The Labute approximate surface area is 123 Å². The molecular weight excluding hydrogens is 274 g/mol. The minimum absolute atomic E-state index is 0.0181. The number of esters is 1. The summed E-state index contributed by atoms with van der Waals surface area (Å²) in [5.41, 5.74) is 0.774. The Bertz CT molecular complexity index is 539. The first kappa shape index (κ1) is 15.2. The van der Waals surface area contributed by atoms with Crippen molar-refractivity contribution in [3.05, 3.63) is 27.9 Å². The predicted molar refractivity (Wildman–Crippen MR) is 77.2 cm³/mol. The van der Waals surface area contributed by atoms with Crippen molar-refractivity contribution in [2.24, 2.45) is 5.92 Å². The number of pyridine rings is 1. The third-order valence-corrected chi connectivity index (χ3v) is 3.60. The third-order valence-electron chi connectivity index (χ3n) is 3.60. The van der Waals surface area contributed by atoms with Crippen molar-refractivity contribution >= 4 is 17.5 Å². The number of hydrogen-bond donors (Lipinski definition) is 0. The minimum Gasteiger partial charge on any atom is -0.466 e. The zero-order valence-corrected chi connectivity index (χ0v) is 12.2. The topological polar surface area (TPSA) is 85.6 Å². The van der Waals surface area contributed by atoms with E-state index in [0.717, 1.165) is 5.56 Å². The molecule has 1 aliphatic rings. The van der Waals surface area contributed by atoms with Crippen LogP contribution in [0.25, 0.3) is 0 Å². The number of aryl methyl sites for hydroxylation is 1. The Kier molecular flexibility index (Phi) is 4.72. The SMILES string of the molecule is CCOC(=O)C1CCN(c2ncc(C)cc2[N+](=O)[O-])CC1. The lowest BCUT2D eigenvalue weighted by atomic mass is 9.97. The molecule has 1 aromatic heterocycles. The number of piperidine rings is 1. The van der Waals surface area contributed by atoms with Gasteiger partial charge in [-0.1, -0.05) is 0 Å². The molecule has 7 heteroatoms. The molecule has 114 valence electrons. The second-order valence-electron chi connectivity index (χ2n) is 5.13. The number of hydrogen-bond acceptors (Lipinski definition) is 6. The Hall–Kier alpha value is -2.18. The molecule has 0 radical (unpaired) electrons. The molecule has 1 fully saturated rings. The van der Waals surface area contributed by atoms with Gasteiger partial charge in [-0.3, -0.25) is 14.9 Å². The van der Waals surface area contributed by atoms with E-state index in [1.54, 1.807) is 20.0 Å². The largest absolute Gasteiger partial charge is 0.466 e. The maximum atomic E-state index is 11.7. The first-order chi connectivity index (χ1) is 10.0. The lowest BCUT2D eigenvalue weighted by molar-refractivity contribution is -0.384. The molecule has 0 aliphatic carbocycles. The Morgan fingerprint density at radius 1 is 1.52 bits per heavy atom. The molecule has 7 nitrogen and oxygen atoms in total. The van der Waals surface area contributed by atoms with E-state index < -0.39 is 4.92 Å². The number of carbonyl (C=O) groups is 1. The molecule has 0 aromatic carbocycles. The number of anilines is 1. The molecule has 2 heterocycles. The van der Waals surface area contributed by atoms with E-state index in [-0.39, 0.29) is 17.6 Å². The van der Waals surface area contributed by atoms with Gasteiger partial charge in [0.1, 0.15) is 0 Å². The molecular formula is C14H19N3O4. The number of aromatic nitrogens is 1. The van der Waals surface area contributed by atoms with Gasteiger partial charge in [0.15, 0.2) is 0 Å². The number of carbonyl (C=O) groups excluding carboxylic acids is 1. The molecule has 0 spiro atoms. The van der Waals surface area contributed by atoms with Crippen LogP contribution < -0.4 is 4.90 Å². The van der Waals surface area contributed by atoms with Gasteiger partial charge in [0, 0.05) is 25.4 Å². The van der Waals surface area contributed by atoms with Crippen molar-refractivity contribution in [2.45, 2.75) is 26.7 Å². The molecule has 21 heavy (non-hydrogen) atoms. The van der Waals surface area contributed by atoms with Crippen LogP contribution in [0.5, 0.6) is 0 Å². The highest BCUT2D eigenvalue weighted by atomic mass is 16.6. The third kappa shape index (κ3) is 3.48. The zero-order valence-electron chi connectivity index (χ0n) is 12.2. The van der Waals surface area contributed by atoms with Gasteiger partial charge in [-0.25, -0.2) is 4.98 Å². The fraction of sp³-hybridized carbons (Fsp3) is 0.571. The molecule has 0 unspecified atom stereocenters. The average molecular weight is 293 g/mol. The lowest BCUT2D eigenvalue weighted by Gasteiger charge is -2.31. The first-order valence-electron chi connectivity index (χ1n) is 7.05. The van der Waals surface area contributed by atoms with E-state index in [9.17, 15) is 14.9 Å². The van der Waals surface area contributed by atoms with Crippen LogP contribution in [0, 0.1) is 23.0 Å². The summed E-state index contributed by atoms with van der Waals surface area (Å²) in [5.74, 6) is 0.0853. The summed E-state index contributed by atoms with van der Waals surface area (Å²) in [6.07, 6.45) is 2.89. The van der Waals surface area contributed by atoms with Crippen LogP contribution in [0.2, 0.25) is 0 Å². The van der Waals surface area contributed by atoms with Gasteiger partial charge in [0.05, 0.1) is 17.4 Å². The van der Waals surface area contributed by atoms with Crippen molar-refractivity contribution in [3.8, 4) is 0 Å². The fourth-order valence-corrected chi connectivity index (χ4v) is 2.51. The van der Waals surface area contributed by atoms with E-state index in [2.05, 4.69) is 4.98 Å². The van der Waals surface area contributed by atoms with Crippen LogP contribution in [0.3, 0.4) is 0 Å². The van der Waals surface area contributed by atoms with Gasteiger partial charge in [0.25, 0.3) is 0 Å². The maximum absolute atomic E-state index is 11.7. The van der Waals surface area contributed by atoms with Crippen molar-refractivity contribution < 1.29 is 14.5 Å². The quantitative estimate of drug-likeness (QED) is 0.480. The molecule has 0 amide bonds. The minimum atomic E-state index is -0.410. The van der Waals surface area contributed by atoms with E-state index in [1.165, 1.54) is 6.07 Å². The van der Waals surface area contributed by atoms with Crippen molar-refractivity contribution in [3.63, 3.8) is 0 Å². The van der Waals surface area contributed by atoms with Crippen molar-refractivity contribution in [2.75, 3.05) is 24.6 Å². The summed E-state index contributed by atoms with van der Waals surface area (Å²) < 4.78 is 5.02. The van der Waals surface area contributed by atoms with Gasteiger partial charge < -0.3 is 9.64 Å². The molecule has 1 aliphatic heterocycles. The average Bonchev–Trinajstić information content (AvgIpc) is 2.47. The van der Waals surface area contributed by atoms with Crippen LogP contribution >= 0.6 is 0 Å². The van der Waals surface area contributed by atoms with Crippen LogP contribution in [0.1, 0.15) is 25.3 Å². The highest BCUT2D eigenvalue weighted by Gasteiger charge is 2.29. The summed E-state index contributed by atoms with van der Waals surface area (Å²) in [6, 6.07) is 1.53. The summed E-state index contributed by atoms with van der Waals surface area (Å²) >= 11 is 0. The van der Waals surface area contributed by atoms with E-state index in [4.69, 9.17) is 4.74 Å². The lowest BCUT2D eigenvalue weighted by Crippen LogP contribution is -2.37. The van der Waals surface area contributed by atoms with E-state index >= 15 is 0 Å². The molecule has 0 atom stereocenters. The van der Waals surface area contributed by atoms with Crippen LogP contribution in [0.4, 0.5) is 11.5 Å². The summed E-state index contributed by atoms with van der Waals surface area (Å²) in [4.78, 5) is 28.5. The molecule has 0 bridgehead atoms. The summed E-state index contributed by atoms with van der Waals surface area (Å²) in [5, 5.41) is 11.1. The zero-order chi connectivity index (χ0) is 15.4. The van der Waals surface area contributed by atoms with E-state index in [1.807, 2.05) is 4.90 Å². The molecule has 2 rings (SSSR count). The normalized spacial score (nSPS) is 15.8. The molecule has 0 N–H and O–H groups in total. The van der Waals surface area contributed by atoms with Gasteiger partial charge in [-0.2, -0.15) is 0 Å². The van der Waals surface area contributed by atoms with Crippen LogP contribution in [0.15, 0.2) is 12.3 Å². The summed E-state index contributed by atoms with van der Waals surface area (Å²) in [6.45, 7) is 5.08. The van der Waals surface area contributed by atoms with Crippen LogP contribution in [-0.2, 0) is 9.53 Å². The fourth-order valence-electron chi connectivity index (χ4n) is 2.51. The molecule has 0 saturated carbocycles. The molecule has 1 saturated heterocycles. The Balaban J connectivity index is 2.09. The highest BCUT2D eigenvalue weighted by Crippen LogP contribution is 2.30. The first-order valence-corrected chi connectivity index (χ1v) is 7.05.